The molecule has 120 valence electrons. The number of nitrogens with zero attached hydrogens (tertiary/aromatic N) is 1. The molecular formula is C18H21N3O2. The molecule has 2 heterocycles. The van der Waals surface area contributed by atoms with Crippen LogP contribution in [-0.4, -0.2) is 22.7 Å². The maximum Gasteiger partial charge on any atom is 0.223 e. The van der Waals surface area contributed by atoms with Crippen LogP contribution in [0.15, 0.2) is 24.3 Å². The third kappa shape index (κ3) is 2.83. The van der Waals surface area contributed by atoms with Gasteiger partial charge in [0.2, 0.25) is 5.91 Å². The van der Waals surface area contributed by atoms with E-state index in [1.54, 1.807) is 0 Å². The Morgan fingerprint density at radius 1 is 1.35 bits per heavy atom. The van der Waals surface area contributed by atoms with Gasteiger partial charge in [-0.05, 0) is 49.3 Å². The lowest BCUT2D eigenvalue weighted by molar-refractivity contribution is -0.125. The Bertz CT molecular complexity index is 723. The SMILES string of the molecule is O=C(NCc1n[nH]c2c1CCC2)C1CCOc2ccccc2C1. The van der Waals surface area contributed by atoms with Crippen molar-refractivity contribution in [2.24, 2.45) is 5.92 Å². The predicted molar refractivity (Wildman–Crippen MR) is 86.2 cm³/mol. The number of H-pyrrole nitrogens is 1. The second-order valence-electron chi connectivity index (χ2n) is 6.34. The van der Waals surface area contributed by atoms with Gasteiger partial charge in [-0.15, -0.1) is 0 Å². The van der Waals surface area contributed by atoms with E-state index in [0.717, 1.165) is 42.7 Å². The maximum absolute atomic E-state index is 12.6. The summed E-state index contributed by atoms with van der Waals surface area (Å²) in [5, 5.41) is 10.5. The van der Waals surface area contributed by atoms with E-state index in [9.17, 15) is 4.79 Å². The van der Waals surface area contributed by atoms with Gasteiger partial charge in [-0.25, -0.2) is 0 Å². The third-order valence-electron chi connectivity index (χ3n) is 4.86. The summed E-state index contributed by atoms with van der Waals surface area (Å²) in [5.74, 6) is 0.971. The van der Waals surface area contributed by atoms with Crippen LogP contribution in [0.1, 0.15) is 35.4 Å². The lowest BCUT2D eigenvalue weighted by atomic mass is 9.96. The summed E-state index contributed by atoms with van der Waals surface area (Å²) in [6, 6.07) is 7.98. The number of aromatic nitrogens is 2. The Morgan fingerprint density at radius 2 is 2.26 bits per heavy atom. The summed E-state index contributed by atoms with van der Waals surface area (Å²) in [6.07, 6.45) is 4.82. The molecule has 0 fully saturated rings. The first-order valence-corrected chi connectivity index (χ1v) is 8.34. The van der Waals surface area contributed by atoms with Gasteiger partial charge in [0, 0.05) is 11.6 Å². The molecule has 1 unspecified atom stereocenters. The molecule has 1 aliphatic carbocycles. The number of rotatable bonds is 3. The van der Waals surface area contributed by atoms with Crippen molar-refractivity contribution in [3.63, 3.8) is 0 Å². The minimum absolute atomic E-state index is 0.0364. The molecule has 4 rings (SSSR count). The minimum atomic E-state index is -0.0364. The fraction of sp³-hybridized carbons (Fsp3) is 0.444. The molecule has 23 heavy (non-hydrogen) atoms. The van der Waals surface area contributed by atoms with Crippen LogP contribution in [0.5, 0.6) is 5.75 Å². The standard InChI is InChI=1S/C18H21N3O2/c22-18(19-11-16-14-5-3-6-15(14)20-21-16)13-8-9-23-17-7-2-1-4-12(17)10-13/h1-2,4,7,13H,3,5-6,8-11H2,(H,19,22)(H,20,21). The summed E-state index contributed by atoms with van der Waals surface area (Å²) in [6.45, 7) is 1.11. The van der Waals surface area contributed by atoms with E-state index < -0.39 is 0 Å². The van der Waals surface area contributed by atoms with Crippen LogP contribution in [-0.2, 0) is 30.6 Å². The molecule has 0 bridgehead atoms. The van der Waals surface area contributed by atoms with Crippen LogP contribution in [0.3, 0.4) is 0 Å². The molecule has 5 heteroatoms. The molecule has 1 aromatic carbocycles. The molecule has 0 radical (unpaired) electrons. The van der Waals surface area contributed by atoms with E-state index in [1.807, 2.05) is 24.3 Å². The number of aryl methyl sites for hydroxylation is 1. The number of amides is 1. The maximum atomic E-state index is 12.6. The van der Waals surface area contributed by atoms with Gasteiger partial charge in [0.15, 0.2) is 0 Å². The van der Waals surface area contributed by atoms with E-state index in [4.69, 9.17) is 4.74 Å². The number of ether oxygens (including phenoxy) is 1. The molecule has 1 atom stereocenters. The normalized spacial score (nSPS) is 19.4. The van der Waals surface area contributed by atoms with E-state index in [1.165, 1.54) is 17.7 Å². The Labute approximate surface area is 135 Å². The lowest BCUT2D eigenvalue weighted by Gasteiger charge is -2.13. The summed E-state index contributed by atoms with van der Waals surface area (Å²) < 4.78 is 5.74. The highest BCUT2D eigenvalue weighted by Crippen LogP contribution is 2.27. The van der Waals surface area contributed by atoms with E-state index >= 15 is 0 Å². The predicted octanol–water partition coefficient (Wildman–Crippen LogP) is 2.16. The largest absolute Gasteiger partial charge is 0.493 e. The topological polar surface area (TPSA) is 67.0 Å². The molecule has 5 nitrogen and oxygen atoms in total. The molecule has 1 amide bonds. The Hall–Kier alpha value is -2.30. The first-order valence-electron chi connectivity index (χ1n) is 8.34. The Balaban J connectivity index is 1.41. The molecule has 0 saturated heterocycles. The van der Waals surface area contributed by atoms with Crippen molar-refractivity contribution < 1.29 is 9.53 Å². The lowest BCUT2D eigenvalue weighted by Crippen LogP contribution is -2.32. The van der Waals surface area contributed by atoms with Crippen LogP contribution in [0.4, 0.5) is 0 Å². The van der Waals surface area contributed by atoms with Gasteiger partial charge in [0.1, 0.15) is 5.75 Å². The molecular weight excluding hydrogens is 290 g/mol. The number of benzene rings is 1. The van der Waals surface area contributed by atoms with Crippen molar-refractivity contribution in [2.75, 3.05) is 6.61 Å². The highest BCUT2D eigenvalue weighted by atomic mass is 16.5. The fourth-order valence-electron chi connectivity index (χ4n) is 3.57. The monoisotopic (exact) mass is 311 g/mol. The number of carbonyl (C=O) groups is 1. The Kier molecular flexibility index (Phi) is 3.77. The summed E-state index contributed by atoms with van der Waals surface area (Å²) >= 11 is 0. The van der Waals surface area contributed by atoms with Gasteiger partial charge in [0.25, 0.3) is 0 Å². The van der Waals surface area contributed by atoms with Crippen molar-refractivity contribution in [1.29, 1.82) is 0 Å². The highest BCUT2D eigenvalue weighted by molar-refractivity contribution is 5.79. The molecule has 2 N–H and O–H groups in total. The third-order valence-corrected chi connectivity index (χ3v) is 4.86. The number of nitrogens with one attached hydrogen (secondary N) is 2. The van der Waals surface area contributed by atoms with Crippen molar-refractivity contribution in [1.82, 2.24) is 15.5 Å². The zero-order chi connectivity index (χ0) is 15.6. The molecule has 1 aromatic heterocycles. The number of hydrogen-bond acceptors (Lipinski definition) is 3. The van der Waals surface area contributed by atoms with E-state index in [-0.39, 0.29) is 11.8 Å². The van der Waals surface area contributed by atoms with Crippen molar-refractivity contribution in [3.8, 4) is 5.75 Å². The molecule has 0 spiro atoms. The number of hydrogen-bond donors (Lipinski definition) is 2. The van der Waals surface area contributed by atoms with Crippen LogP contribution >= 0.6 is 0 Å². The van der Waals surface area contributed by atoms with Gasteiger partial charge in [0.05, 0.1) is 18.8 Å². The second-order valence-corrected chi connectivity index (χ2v) is 6.34. The van der Waals surface area contributed by atoms with Gasteiger partial charge < -0.3 is 10.1 Å². The van der Waals surface area contributed by atoms with Crippen LogP contribution in [0, 0.1) is 5.92 Å². The van der Waals surface area contributed by atoms with E-state index in [0.29, 0.717) is 13.2 Å². The van der Waals surface area contributed by atoms with Gasteiger partial charge in [-0.3, -0.25) is 9.89 Å². The van der Waals surface area contributed by atoms with Gasteiger partial charge in [-0.2, -0.15) is 5.10 Å². The zero-order valence-corrected chi connectivity index (χ0v) is 13.1. The van der Waals surface area contributed by atoms with Crippen LogP contribution in [0.25, 0.3) is 0 Å². The summed E-state index contributed by atoms with van der Waals surface area (Å²) in [4.78, 5) is 12.6. The smallest absolute Gasteiger partial charge is 0.223 e. The average molecular weight is 311 g/mol. The van der Waals surface area contributed by atoms with Crippen molar-refractivity contribution in [3.05, 3.63) is 46.8 Å². The number of para-hydroxylation sites is 1. The number of carbonyl (C=O) groups excluding carboxylic acids is 1. The summed E-state index contributed by atoms with van der Waals surface area (Å²) in [7, 11) is 0. The van der Waals surface area contributed by atoms with Gasteiger partial charge in [-0.1, -0.05) is 18.2 Å². The molecule has 2 aliphatic rings. The number of fused-ring (bicyclic) bond motifs is 2. The molecule has 2 aromatic rings. The first kappa shape index (κ1) is 14.3. The molecule has 0 saturated carbocycles. The highest BCUT2D eigenvalue weighted by Gasteiger charge is 2.24. The number of aromatic amines is 1. The Morgan fingerprint density at radius 3 is 3.22 bits per heavy atom. The average Bonchev–Trinajstić information content (AvgIpc) is 3.10. The first-order chi connectivity index (χ1) is 11.3. The van der Waals surface area contributed by atoms with Crippen molar-refractivity contribution >= 4 is 5.91 Å². The quantitative estimate of drug-likeness (QED) is 0.913. The van der Waals surface area contributed by atoms with Crippen LogP contribution < -0.4 is 10.1 Å². The fourth-order valence-corrected chi connectivity index (χ4v) is 3.57. The van der Waals surface area contributed by atoms with Gasteiger partial charge >= 0.3 is 0 Å². The molecule has 1 aliphatic heterocycles. The van der Waals surface area contributed by atoms with Crippen molar-refractivity contribution in [2.45, 2.75) is 38.6 Å². The summed E-state index contributed by atoms with van der Waals surface area (Å²) in [5.41, 5.74) is 4.66. The minimum Gasteiger partial charge on any atom is -0.493 e. The second kappa shape index (κ2) is 6.07. The zero-order valence-electron chi connectivity index (χ0n) is 13.1. The van der Waals surface area contributed by atoms with Crippen LogP contribution in [0.2, 0.25) is 0 Å². The van der Waals surface area contributed by atoms with E-state index in [2.05, 4.69) is 15.5 Å².